The molecule has 0 amide bonds. The first-order valence-corrected chi connectivity index (χ1v) is 6.82. The number of aromatic carboxylic acids is 1. The fourth-order valence-corrected chi connectivity index (χ4v) is 3.05. The first kappa shape index (κ1) is 13.8. The molecule has 0 radical (unpaired) electrons. The standard InChI is InChI=1S/C15H20FNO2/c1-3-10-4-6-13(9(10)2)17-14-7-5-11(16)8-12(14)15(18)19/h5,7-10,13,17H,3-4,6H2,1-2H3,(H,18,19). The van der Waals surface area contributed by atoms with Crippen LogP contribution in [0.4, 0.5) is 10.1 Å². The Labute approximate surface area is 112 Å². The van der Waals surface area contributed by atoms with E-state index in [2.05, 4.69) is 19.2 Å². The molecule has 0 saturated heterocycles. The number of anilines is 1. The largest absolute Gasteiger partial charge is 0.478 e. The zero-order valence-corrected chi connectivity index (χ0v) is 11.3. The lowest BCUT2D eigenvalue weighted by atomic mass is 9.93. The number of nitrogens with one attached hydrogen (secondary N) is 1. The van der Waals surface area contributed by atoms with E-state index in [1.54, 1.807) is 0 Å². The average molecular weight is 265 g/mol. The van der Waals surface area contributed by atoms with Crippen molar-refractivity contribution in [2.75, 3.05) is 5.32 Å². The maximum atomic E-state index is 13.1. The topological polar surface area (TPSA) is 49.3 Å². The molecule has 0 spiro atoms. The Bertz CT molecular complexity index is 475. The first-order chi connectivity index (χ1) is 9.02. The van der Waals surface area contributed by atoms with E-state index in [0.29, 0.717) is 17.5 Å². The molecule has 2 N–H and O–H groups in total. The van der Waals surface area contributed by atoms with Crippen molar-refractivity contribution in [3.8, 4) is 0 Å². The minimum Gasteiger partial charge on any atom is -0.478 e. The molecular formula is C15H20FNO2. The van der Waals surface area contributed by atoms with Crippen molar-refractivity contribution in [3.05, 3.63) is 29.6 Å². The van der Waals surface area contributed by atoms with E-state index in [4.69, 9.17) is 5.11 Å². The molecule has 0 aromatic heterocycles. The van der Waals surface area contributed by atoms with Crippen LogP contribution in [-0.2, 0) is 0 Å². The van der Waals surface area contributed by atoms with Crippen LogP contribution in [0.2, 0.25) is 0 Å². The zero-order valence-electron chi connectivity index (χ0n) is 11.3. The lowest BCUT2D eigenvalue weighted by molar-refractivity contribution is 0.0697. The van der Waals surface area contributed by atoms with Gasteiger partial charge in [0.05, 0.1) is 5.56 Å². The molecule has 3 atom stereocenters. The zero-order chi connectivity index (χ0) is 14.0. The number of rotatable bonds is 4. The SMILES string of the molecule is CCC1CCC(Nc2ccc(F)cc2C(=O)O)C1C. The molecule has 19 heavy (non-hydrogen) atoms. The highest BCUT2D eigenvalue weighted by molar-refractivity contribution is 5.94. The number of hydrogen-bond acceptors (Lipinski definition) is 2. The summed E-state index contributed by atoms with van der Waals surface area (Å²) in [5.74, 6) is -0.420. The lowest BCUT2D eigenvalue weighted by Crippen LogP contribution is -2.25. The second-order valence-electron chi connectivity index (χ2n) is 5.35. The molecule has 1 aliphatic carbocycles. The van der Waals surface area contributed by atoms with Crippen LogP contribution >= 0.6 is 0 Å². The molecule has 1 saturated carbocycles. The molecule has 3 nitrogen and oxygen atoms in total. The van der Waals surface area contributed by atoms with Crippen molar-refractivity contribution in [1.29, 1.82) is 0 Å². The van der Waals surface area contributed by atoms with Gasteiger partial charge in [0.2, 0.25) is 0 Å². The third-order valence-electron chi connectivity index (χ3n) is 4.30. The number of carboxylic acid groups (broad SMARTS) is 1. The van der Waals surface area contributed by atoms with Gasteiger partial charge in [-0.05, 0) is 42.9 Å². The van der Waals surface area contributed by atoms with Crippen LogP contribution in [0.25, 0.3) is 0 Å². The van der Waals surface area contributed by atoms with Gasteiger partial charge in [0.1, 0.15) is 5.82 Å². The summed E-state index contributed by atoms with van der Waals surface area (Å²) in [6.07, 6.45) is 3.35. The van der Waals surface area contributed by atoms with Crippen LogP contribution in [0.3, 0.4) is 0 Å². The van der Waals surface area contributed by atoms with Gasteiger partial charge in [-0.3, -0.25) is 0 Å². The summed E-state index contributed by atoms with van der Waals surface area (Å²) in [6.45, 7) is 4.38. The maximum absolute atomic E-state index is 13.1. The third kappa shape index (κ3) is 2.88. The number of carbonyl (C=O) groups is 1. The highest BCUT2D eigenvalue weighted by Crippen LogP contribution is 2.36. The monoisotopic (exact) mass is 265 g/mol. The molecule has 3 unspecified atom stereocenters. The molecule has 1 aromatic rings. The number of benzene rings is 1. The summed E-state index contributed by atoms with van der Waals surface area (Å²) in [6, 6.07) is 4.16. The smallest absolute Gasteiger partial charge is 0.337 e. The second kappa shape index (κ2) is 5.59. The van der Waals surface area contributed by atoms with Crippen LogP contribution in [0.15, 0.2) is 18.2 Å². The highest BCUT2D eigenvalue weighted by atomic mass is 19.1. The van der Waals surface area contributed by atoms with Crippen molar-refractivity contribution >= 4 is 11.7 Å². The Morgan fingerprint density at radius 1 is 1.47 bits per heavy atom. The van der Waals surface area contributed by atoms with Crippen molar-refractivity contribution in [1.82, 2.24) is 0 Å². The summed E-state index contributed by atoms with van der Waals surface area (Å²) >= 11 is 0. The quantitative estimate of drug-likeness (QED) is 0.871. The van der Waals surface area contributed by atoms with Crippen molar-refractivity contribution in [2.45, 2.75) is 39.2 Å². The number of hydrogen-bond donors (Lipinski definition) is 2. The fourth-order valence-electron chi connectivity index (χ4n) is 3.05. The summed E-state index contributed by atoms with van der Waals surface area (Å²) in [5, 5.41) is 12.4. The predicted octanol–water partition coefficient (Wildman–Crippen LogP) is 3.76. The summed E-state index contributed by atoms with van der Waals surface area (Å²) < 4.78 is 13.1. The Hall–Kier alpha value is -1.58. The van der Waals surface area contributed by atoms with Gasteiger partial charge in [-0.15, -0.1) is 0 Å². The van der Waals surface area contributed by atoms with E-state index >= 15 is 0 Å². The van der Waals surface area contributed by atoms with Gasteiger partial charge >= 0.3 is 5.97 Å². The van der Waals surface area contributed by atoms with E-state index in [-0.39, 0.29) is 11.6 Å². The maximum Gasteiger partial charge on any atom is 0.337 e. The molecule has 1 aromatic carbocycles. The Balaban J connectivity index is 2.18. The predicted molar refractivity (Wildman–Crippen MR) is 72.9 cm³/mol. The Morgan fingerprint density at radius 3 is 2.79 bits per heavy atom. The van der Waals surface area contributed by atoms with Gasteiger partial charge < -0.3 is 10.4 Å². The summed E-state index contributed by atoms with van der Waals surface area (Å²) in [7, 11) is 0. The van der Waals surface area contributed by atoms with E-state index < -0.39 is 11.8 Å². The van der Waals surface area contributed by atoms with Crippen LogP contribution < -0.4 is 5.32 Å². The second-order valence-corrected chi connectivity index (χ2v) is 5.35. The number of halogens is 1. The minimum atomic E-state index is -1.10. The molecule has 0 aliphatic heterocycles. The van der Waals surface area contributed by atoms with Crippen molar-refractivity contribution in [3.63, 3.8) is 0 Å². The normalized spacial score (nSPS) is 26.4. The molecule has 104 valence electrons. The number of carboxylic acids is 1. The van der Waals surface area contributed by atoms with Gasteiger partial charge in [0.15, 0.2) is 0 Å². The van der Waals surface area contributed by atoms with Crippen LogP contribution in [0.5, 0.6) is 0 Å². The molecule has 1 fully saturated rings. The van der Waals surface area contributed by atoms with E-state index in [1.165, 1.54) is 18.6 Å². The van der Waals surface area contributed by atoms with Crippen molar-refractivity contribution < 1.29 is 14.3 Å². The third-order valence-corrected chi connectivity index (χ3v) is 4.30. The first-order valence-electron chi connectivity index (χ1n) is 6.82. The molecule has 0 bridgehead atoms. The Morgan fingerprint density at radius 2 is 2.21 bits per heavy atom. The van der Waals surface area contributed by atoms with Gasteiger partial charge in [-0.25, -0.2) is 9.18 Å². The molecule has 2 rings (SSSR count). The average Bonchev–Trinajstić information content (AvgIpc) is 2.72. The van der Waals surface area contributed by atoms with Gasteiger partial charge in [-0.2, -0.15) is 0 Å². The summed E-state index contributed by atoms with van der Waals surface area (Å²) in [5.41, 5.74) is 0.523. The summed E-state index contributed by atoms with van der Waals surface area (Å²) in [4.78, 5) is 11.1. The van der Waals surface area contributed by atoms with E-state index in [1.807, 2.05) is 0 Å². The van der Waals surface area contributed by atoms with E-state index in [0.717, 1.165) is 18.9 Å². The van der Waals surface area contributed by atoms with Crippen LogP contribution in [-0.4, -0.2) is 17.1 Å². The molecule has 4 heteroatoms. The minimum absolute atomic E-state index is 0.00662. The molecule has 0 heterocycles. The van der Waals surface area contributed by atoms with Crippen LogP contribution in [0.1, 0.15) is 43.5 Å². The van der Waals surface area contributed by atoms with Gasteiger partial charge in [-0.1, -0.05) is 20.3 Å². The fraction of sp³-hybridized carbons (Fsp3) is 0.533. The van der Waals surface area contributed by atoms with Crippen molar-refractivity contribution in [2.24, 2.45) is 11.8 Å². The molecular weight excluding hydrogens is 245 g/mol. The van der Waals surface area contributed by atoms with Gasteiger partial charge in [0, 0.05) is 11.7 Å². The van der Waals surface area contributed by atoms with Gasteiger partial charge in [0.25, 0.3) is 0 Å². The highest BCUT2D eigenvalue weighted by Gasteiger charge is 2.32. The Kier molecular flexibility index (Phi) is 4.08. The van der Waals surface area contributed by atoms with E-state index in [9.17, 15) is 9.18 Å². The molecule has 1 aliphatic rings. The van der Waals surface area contributed by atoms with Crippen LogP contribution in [0, 0.1) is 17.7 Å². The lowest BCUT2D eigenvalue weighted by Gasteiger charge is -2.23.